The standard InChI is InChI=1S/C11H10FN3O2/c1-6-3-4-8(5-9(6)12)15-7(2)13-10(14-15)11(16)17/h3-5H,1-2H3,(H,16,17). The minimum atomic E-state index is -1.21. The van der Waals surface area contributed by atoms with Crippen LogP contribution in [0.1, 0.15) is 22.0 Å². The molecule has 0 saturated carbocycles. The molecule has 0 aliphatic carbocycles. The van der Waals surface area contributed by atoms with E-state index >= 15 is 0 Å². The van der Waals surface area contributed by atoms with Gasteiger partial charge in [0.25, 0.3) is 5.82 Å². The van der Waals surface area contributed by atoms with E-state index in [4.69, 9.17) is 5.11 Å². The fraction of sp³-hybridized carbons (Fsp3) is 0.182. The lowest BCUT2D eigenvalue weighted by Crippen LogP contribution is -2.03. The number of aromatic carboxylic acids is 1. The second-order valence-corrected chi connectivity index (χ2v) is 3.63. The third-order valence-corrected chi connectivity index (χ3v) is 2.36. The van der Waals surface area contributed by atoms with Gasteiger partial charge in [0.15, 0.2) is 0 Å². The van der Waals surface area contributed by atoms with Crippen LogP contribution in [0.2, 0.25) is 0 Å². The zero-order valence-electron chi connectivity index (χ0n) is 9.31. The number of hydrogen-bond donors (Lipinski definition) is 1. The normalized spacial score (nSPS) is 10.5. The Morgan fingerprint density at radius 2 is 2.12 bits per heavy atom. The number of carboxylic acid groups (broad SMARTS) is 1. The van der Waals surface area contributed by atoms with Crippen molar-refractivity contribution >= 4 is 5.97 Å². The predicted octanol–water partition coefficient (Wildman–Crippen LogP) is 1.72. The second-order valence-electron chi connectivity index (χ2n) is 3.63. The summed E-state index contributed by atoms with van der Waals surface area (Å²) < 4.78 is 14.7. The van der Waals surface area contributed by atoms with Gasteiger partial charge < -0.3 is 5.11 Å². The van der Waals surface area contributed by atoms with Crippen molar-refractivity contribution in [1.29, 1.82) is 0 Å². The molecular weight excluding hydrogens is 225 g/mol. The van der Waals surface area contributed by atoms with Crippen LogP contribution in [0.3, 0.4) is 0 Å². The topological polar surface area (TPSA) is 68.0 Å². The van der Waals surface area contributed by atoms with Gasteiger partial charge in [0, 0.05) is 0 Å². The van der Waals surface area contributed by atoms with E-state index in [1.165, 1.54) is 10.7 Å². The molecule has 2 aromatic rings. The highest BCUT2D eigenvalue weighted by Gasteiger charge is 2.14. The van der Waals surface area contributed by atoms with Gasteiger partial charge in [-0.15, -0.1) is 5.10 Å². The fourth-order valence-corrected chi connectivity index (χ4v) is 1.44. The molecular formula is C11H10FN3O2. The van der Waals surface area contributed by atoms with Crippen molar-refractivity contribution in [2.45, 2.75) is 13.8 Å². The Labute approximate surface area is 96.5 Å². The van der Waals surface area contributed by atoms with E-state index in [9.17, 15) is 9.18 Å². The molecule has 1 heterocycles. The molecule has 0 unspecified atom stereocenters. The molecule has 0 saturated heterocycles. The Bertz CT molecular complexity index is 592. The summed E-state index contributed by atoms with van der Waals surface area (Å²) in [5.74, 6) is -1.48. The molecule has 0 aliphatic heterocycles. The van der Waals surface area contributed by atoms with Crippen LogP contribution in [0.15, 0.2) is 18.2 Å². The first-order valence-corrected chi connectivity index (χ1v) is 4.92. The van der Waals surface area contributed by atoms with E-state index in [1.807, 2.05) is 0 Å². The zero-order chi connectivity index (χ0) is 12.6. The van der Waals surface area contributed by atoms with Crippen LogP contribution in [-0.4, -0.2) is 25.8 Å². The Morgan fingerprint density at radius 1 is 1.41 bits per heavy atom. The number of carboxylic acids is 1. The third-order valence-electron chi connectivity index (χ3n) is 2.36. The molecule has 0 aliphatic rings. The minimum Gasteiger partial charge on any atom is -0.475 e. The van der Waals surface area contributed by atoms with Gasteiger partial charge in [0.2, 0.25) is 0 Å². The van der Waals surface area contributed by atoms with Crippen molar-refractivity contribution in [3.63, 3.8) is 0 Å². The first kappa shape index (κ1) is 11.3. The number of benzene rings is 1. The van der Waals surface area contributed by atoms with Crippen LogP contribution in [0, 0.1) is 19.7 Å². The average Bonchev–Trinajstić information content (AvgIpc) is 2.65. The molecule has 17 heavy (non-hydrogen) atoms. The lowest BCUT2D eigenvalue weighted by molar-refractivity contribution is 0.0683. The Morgan fingerprint density at radius 3 is 2.65 bits per heavy atom. The molecule has 1 aromatic heterocycles. The van der Waals surface area contributed by atoms with Gasteiger partial charge in [-0.25, -0.2) is 18.9 Å². The molecule has 2 rings (SSSR count). The number of aryl methyl sites for hydroxylation is 2. The smallest absolute Gasteiger partial charge is 0.375 e. The van der Waals surface area contributed by atoms with E-state index in [-0.39, 0.29) is 11.6 Å². The lowest BCUT2D eigenvalue weighted by atomic mass is 10.2. The molecule has 6 heteroatoms. The van der Waals surface area contributed by atoms with Crippen molar-refractivity contribution in [1.82, 2.24) is 14.8 Å². The van der Waals surface area contributed by atoms with Crippen molar-refractivity contribution in [3.8, 4) is 5.69 Å². The minimum absolute atomic E-state index is 0.302. The summed E-state index contributed by atoms with van der Waals surface area (Å²) in [5, 5.41) is 12.5. The zero-order valence-corrected chi connectivity index (χ0v) is 9.31. The summed E-state index contributed by atoms with van der Waals surface area (Å²) in [7, 11) is 0. The van der Waals surface area contributed by atoms with E-state index < -0.39 is 5.97 Å². The maximum Gasteiger partial charge on any atom is 0.375 e. The first-order chi connectivity index (χ1) is 7.99. The summed E-state index contributed by atoms with van der Waals surface area (Å²) in [6, 6.07) is 4.56. The molecule has 0 spiro atoms. The van der Waals surface area contributed by atoms with E-state index in [2.05, 4.69) is 10.1 Å². The maximum atomic E-state index is 13.4. The summed E-state index contributed by atoms with van der Waals surface area (Å²) in [4.78, 5) is 14.5. The third kappa shape index (κ3) is 2.01. The van der Waals surface area contributed by atoms with Gasteiger partial charge in [0.05, 0.1) is 5.69 Å². The van der Waals surface area contributed by atoms with Gasteiger partial charge in [-0.05, 0) is 31.5 Å². The average molecular weight is 235 g/mol. The number of aromatic nitrogens is 3. The summed E-state index contributed by atoms with van der Waals surface area (Å²) in [5.41, 5.74) is 0.968. The maximum absolute atomic E-state index is 13.4. The SMILES string of the molecule is Cc1ccc(-n2nc(C(=O)O)nc2C)cc1F. The highest BCUT2D eigenvalue weighted by atomic mass is 19.1. The molecule has 0 fully saturated rings. The Hall–Kier alpha value is -2.24. The van der Waals surface area contributed by atoms with Gasteiger partial charge in [-0.3, -0.25) is 0 Å². The second kappa shape index (κ2) is 3.97. The van der Waals surface area contributed by atoms with Crippen LogP contribution in [0.25, 0.3) is 5.69 Å². The summed E-state index contributed by atoms with van der Waals surface area (Å²) in [6.07, 6.45) is 0. The van der Waals surface area contributed by atoms with Crippen LogP contribution < -0.4 is 0 Å². The quantitative estimate of drug-likeness (QED) is 0.860. The van der Waals surface area contributed by atoms with Gasteiger partial charge >= 0.3 is 5.97 Å². The largest absolute Gasteiger partial charge is 0.475 e. The van der Waals surface area contributed by atoms with Crippen LogP contribution in [0.5, 0.6) is 0 Å². The first-order valence-electron chi connectivity index (χ1n) is 4.92. The number of rotatable bonds is 2. The van der Waals surface area contributed by atoms with Crippen LogP contribution in [-0.2, 0) is 0 Å². The summed E-state index contributed by atoms with van der Waals surface area (Å²) in [6.45, 7) is 3.26. The fourth-order valence-electron chi connectivity index (χ4n) is 1.44. The molecule has 1 N–H and O–H groups in total. The van der Waals surface area contributed by atoms with Crippen molar-refractivity contribution in [2.75, 3.05) is 0 Å². The van der Waals surface area contributed by atoms with Gasteiger partial charge in [-0.1, -0.05) is 6.07 Å². The summed E-state index contributed by atoms with van der Waals surface area (Å²) >= 11 is 0. The van der Waals surface area contributed by atoms with Crippen LogP contribution >= 0.6 is 0 Å². The number of carbonyl (C=O) groups is 1. The number of nitrogens with zero attached hydrogens (tertiary/aromatic N) is 3. The van der Waals surface area contributed by atoms with E-state index in [0.29, 0.717) is 17.1 Å². The van der Waals surface area contributed by atoms with Gasteiger partial charge in [-0.2, -0.15) is 0 Å². The molecule has 0 radical (unpaired) electrons. The van der Waals surface area contributed by atoms with Crippen molar-refractivity contribution in [3.05, 3.63) is 41.2 Å². The molecule has 0 atom stereocenters. The highest BCUT2D eigenvalue weighted by molar-refractivity contribution is 5.83. The Balaban J connectivity index is 2.52. The predicted molar refractivity (Wildman–Crippen MR) is 57.8 cm³/mol. The Kier molecular flexibility index (Phi) is 2.63. The molecule has 1 aromatic carbocycles. The highest BCUT2D eigenvalue weighted by Crippen LogP contribution is 2.14. The monoisotopic (exact) mass is 235 g/mol. The molecule has 0 amide bonds. The van der Waals surface area contributed by atoms with Crippen molar-refractivity contribution < 1.29 is 14.3 Å². The van der Waals surface area contributed by atoms with Crippen LogP contribution in [0.4, 0.5) is 4.39 Å². The molecule has 5 nitrogen and oxygen atoms in total. The van der Waals surface area contributed by atoms with E-state index in [0.717, 1.165) is 0 Å². The van der Waals surface area contributed by atoms with Gasteiger partial charge in [0.1, 0.15) is 11.6 Å². The van der Waals surface area contributed by atoms with Crippen molar-refractivity contribution in [2.24, 2.45) is 0 Å². The number of hydrogen-bond acceptors (Lipinski definition) is 3. The molecule has 0 bridgehead atoms. The van der Waals surface area contributed by atoms with E-state index in [1.54, 1.807) is 26.0 Å². The lowest BCUT2D eigenvalue weighted by Gasteiger charge is -2.03. The molecule has 88 valence electrons. The number of halogens is 1.